The maximum atomic E-state index is 6.02. The molecule has 1 atom stereocenters. The second kappa shape index (κ2) is 5.92. The second-order valence-corrected chi connectivity index (χ2v) is 6.02. The van der Waals surface area contributed by atoms with Gasteiger partial charge in [-0.05, 0) is 63.1 Å². The van der Waals surface area contributed by atoms with Gasteiger partial charge < -0.3 is 10.1 Å². The summed E-state index contributed by atoms with van der Waals surface area (Å²) in [5.74, 6) is 2.74. The maximum absolute atomic E-state index is 6.02. The lowest BCUT2D eigenvalue weighted by molar-refractivity contribution is 0.154. The standard InChI is InChI=1S/C16H25NO/c1-5-14(6-1)15-7-2-8-16(10-15)18-12-13-4-3-9-17-11-13/h8,10,13-14,17H,1-7,9,11-12H2. The minimum Gasteiger partial charge on any atom is -0.494 e. The van der Waals surface area contributed by atoms with Gasteiger partial charge in [0.25, 0.3) is 0 Å². The molecule has 2 nitrogen and oxygen atoms in total. The Morgan fingerprint density at radius 1 is 1.22 bits per heavy atom. The fourth-order valence-electron chi connectivity index (χ4n) is 3.18. The lowest BCUT2D eigenvalue weighted by atomic mass is 9.77. The fourth-order valence-corrected chi connectivity index (χ4v) is 3.18. The van der Waals surface area contributed by atoms with Crippen molar-refractivity contribution in [2.75, 3.05) is 19.7 Å². The first-order valence-corrected chi connectivity index (χ1v) is 7.66. The van der Waals surface area contributed by atoms with E-state index in [0.717, 1.165) is 24.8 Å². The number of piperidine rings is 1. The zero-order valence-corrected chi connectivity index (χ0v) is 11.3. The summed E-state index contributed by atoms with van der Waals surface area (Å²) >= 11 is 0. The highest BCUT2D eigenvalue weighted by Gasteiger charge is 2.23. The van der Waals surface area contributed by atoms with Crippen molar-refractivity contribution in [1.82, 2.24) is 5.32 Å². The molecule has 3 rings (SSSR count). The number of hydrogen-bond acceptors (Lipinski definition) is 2. The van der Waals surface area contributed by atoms with Crippen LogP contribution in [0.1, 0.15) is 44.9 Å². The van der Waals surface area contributed by atoms with Gasteiger partial charge >= 0.3 is 0 Å². The first kappa shape index (κ1) is 12.3. The average Bonchev–Trinajstić information content (AvgIpc) is 2.36. The van der Waals surface area contributed by atoms with Crippen LogP contribution < -0.4 is 5.32 Å². The van der Waals surface area contributed by atoms with Crippen LogP contribution in [0.3, 0.4) is 0 Å². The Bertz CT molecular complexity index is 335. The van der Waals surface area contributed by atoms with Crippen LogP contribution in [0.2, 0.25) is 0 Å². The van der Waals surface area contributed by atoms with Crippen LogP contribution in [0.5, 0.6) is 0 Å². The second-order valence-electron chi connectivity index (χ2n) is 6.02. The van der Waals surface area contributed by atoms with Crippen molar-refractivity contribution in [3.63, 3.8) is 0 Å². The van der Waals surface area contributed by atoms with Gasteiger partial charge in [0.15, 0.2) is 0 Å². The van der Waals surface area contributed by atoms with Gasteiger partial charge in [0.1, 0.15) is 5.76 Å². The molecule has 2 fully saturated rings. The van der Waals surface area contributed by atoms with E-state index in [1.54, 1.807) is 5.57 Å². The van der Waals surface area contributed by atoms with Crippen LogP contribution in [-0.4, -0.2) is 19.7 Å². The molecule has 1 unspecified atom stereocenters. The van der Waals surface area contributed by atoms with Gasteiger partial charge in [-0.15, -0.1) is 0 Å². The van der Waals surface area contributed by atoms with Crippen LogP contribution in [-0.2, 0) is 4.74 Å². The Kier molecular flexibility index (Phi) is 4.04. The molecule has 1 N–H and O–H groups in total. The van der Waals surface area contributed by atoms with E-state index in [-0.39, 0.29) is 0 Å². The molecule has 2 aliphatic carbocycles. The predicted molar refractivity (Wildman–Crippen MR) is 74.3 cm³/mol. The third-order valence-corrected chi connectivity index (χ3v) is 4.62. The summed E-state index contributed by atoms with van der Waals surface area (Å²) in [4.78, 5) is 0. The Labute approximate surface area is 110 Å². The van der Waals surface area contributed by atoms with Gasteiger partial charge in [-0.3, -0.25) is 0 Å². The van der Waals surface area contributed by atoms with Crippen molar-refractivity contribution >= 4 is 0 Å². The van der Waals surface area contributed by atoms with Crippen molar-refractivity contribution in [2.45, 2.75) is 44.9 Å². The fraction of sp³-hybridized carbons (Fsp3) is 0.750. The van der Waals surface area contributed by atoms with Gasteiger partial charge in [0.2, 0.25) is 0 Å². The molecule has 3 aliphatic rings. The Morgan fingerprint density at radius 2 is 2.17 bits per heavy atom. The van der Waals surface area contributed by atoms with Crippen molar-refractivity contribution in [3.05, 3.63) is 23.5 Å². The predicted octanol–water partition coefficient (Wildman–Crippen LogP) is 3.41. The van der Waals surface area contributed by atoms with Crippen LogP contribution in [0.4, 0.5) is 0 Å². The van der Waals surface area contributed by atoms with E-state index in [4.69, 9.17) is 4.74 Å². The summed E-state index contributed by atoms with van der Waals surface area (Å²) in [6.45, 7) is 3.21. The zero-order valence-electron chi connectivity index (χ0n) is 11.3. The van der Waals surface area contributed by atoms with E-state index in [9.17, 15) is 0 Å². The highest BCUT2D eigenvalue weighted by atomic mass is 16.5. The Balaban J connectivity index is 1.49. The molecule has 2 heteroatoms. The van der Waals surface area contributed by atoms with Gasteiger partial charge in [-0.2, -0.15) is 0 Å². The molecule has 0 aromatic rings. The van der Waals surface area contributed by atoms with Gasteiger partial charge in [0.05, 0.1) is 6.61 Å². The smallest absolute Gasteiger partial charge is 0.115 e. The number of nitrogens with one attached hydrogen (secondary N) is 1. The molecule has 18 heavy (non-hydrogen) atoms. The molecule has 1 saturated carbocycles. The SMILES string of the molecule is C1=C(OCC2CCCNC2)C=C(C2CCC2)CC1. The summed E-state index contributed by atoms with van der Waals surface area (Å²) in [6, 6.07) is 0. The van der Waals surface area contributed by atoms with E-state index in [1.165, 1.54) is 51.5 Å². The molecule has 1 heterocycles. The van der Waals surface area contributed by atoms with Gasteiger partial charge in [0, 0.05) is 12.5 Å². The van der Waals surface area contributed by atoms with Crippen LogP contribution in [0.15, 0.2) is 23.5 Å². The summed E-state index contributed by atoms with van der Waals surface area (Å²) in [6.07, 6.45) is 13.9. The van der Waals surface area contributed by atoms with E-state index in [2.05, 4.69) is 17.5 Å². The van der Waals surface area contributed by atoms with Gasteiger partial charge in [-0.1, -0.05) is 12.0 Å². The molecule has 0 aromatic carbocycles. The quantitative estimate of drug-likeness (QED) is 0.822. The van der Waals surface area contributed by atoms with E-state index in [0.29, 0.717) is 5.92 Å². The summed E-state index contributed by atoms with van der Waals surface area (Å²) < 4.78 is 6.02. The zero-order chi connectivity index (χ0) is 12.2. The number of hydrogen-bond donors (Lipinski definition) is 1. The van der Waals surface area contributed by atoms with Crippen molar-refractivity contribution in [1.29, 1.82) is 0 Å². The maximum Gasteiger partial charge on any atom is 0.115 e. The van der Waals surface area contributed by atoms with Crippen LogP contribution in [0.25, 0.3) is 0 Å². The summed E-state index contributed by atoms with van der Waals surface area (Å²) in [5, 5.41) is 3.45. The average molecular weight is 247 g/mol. The molecule has 0 bridgehead atoms. The molecule has 0 radical (unpaired) electrons. The highest BCUT2D eigenvalue weighted by Crippen LogP contribution is 2.37. The van der Waals surface area contributed by atoms with E-state index >= 15 is 0 Å². The van der Waals surface area contributed by atoms with Crippen LogP contribution >= 0.6 is 0 Å². The normalized spacial score (nSPS) is 29.2. The summed E-state index contributed by atoms with van der Waals surface area (Å²) in [7, 11) is 0. The molecule has 0 aromatic heterocycles. The number of rotatable bonds is 4. The largest absolute Gasteiger partial charge is 0.494 e. The monoisotopic (exact) mass is 247 g/mol. The van der Waals surface area contributed by atoms with Crippen molar-refractivity contribution in [3.8, 4) is 0 Å². The summed E-state index contributed by atoms with van der Waals surface area (Å²) in [5.41, 5.74) is 1.65. The first-order chi connectivity index (χ1) is 8.92. The van der Waals surface area contributed by atoms with E-state index < -0.39 is 0 Å². The van der Waals surface area contributed by atoms with E-state index in [1.807, 2.05) is 0 Å². The molecule has 1 aliphatic heterocycles. The Morgan fingerprint density at radius 3 is 2.89 bits per heavy atom. The minimum absolute atomic E-state index is 0.710. The molecule has 100 valence electrons. The molecular formula is C16H25NO. The third kappa shape index (κ3) is 2.97. The minimum atomic E-state index is 0.710. The van der Waals surface area contributed by atoms with Crippen molar-refractivity contribution < 1.29 is 4.74 Å². The van der Waals surface area contributed by atoms with Crippen LogP contribution in [0, 0.1) is 11.8 Å². The first-order valence-electron chi connectivity index (χ1n) is 7.66. The third-order valence-electron chi connectivity index (χ3n) is 4.62. The highest BCUT2D eigenvalue weighted by molar-refractivity contribution is 5.26. The molecule has 1 saturated heterocycles. The molecule has 0 spiro atoms. The van der Waals surface area contributed by atoms with Crippen molar-refractivity contribution in [2.24, 2.45) is 11.8 Å². The lowest BCUT2D eigenvalue weighted by Crippen LogP contribution is -2.32. The number of ether oxygens (including phenoxy) is 1. The lowest BCUT2D eigenvalue weighted by Gasteiger charge is -2.30. The Hall–Kier alpha value is -0.760. The topological polar surface area (TPSA) is 21.3 Å². The molecule has 0 amide bonds. The van der Waals surface area contributed by atoms with Gasteiger partial charge in [-0.25, -0.2) is 0 Å². The number of allylic oxidation sites excluding steroid dienone is 3. The molecular weight excluding hydrogens is 222 g/mol.